The molecule has 0 aromatic carbocycles. The molecule has 1 aliphatic rings. The third-order valence-electron chi connectivity index (χ3n) is 2.80. The molecule has 0 spiro atoms. The number of nitrogens with two attached hydrogens (primary N) is 1. The van der Waals surface area contributed by atoms with Gasteiger partial charge in [0.05, 0.1) is 6.26 Å². The van der Waals surface area contributed by atoms with E-state index in [2.05, 4.69) is 0 Å². The number of hydrogen-bond acceptors (Lipinski definition) is 3. The average molecular weight is 245 g/mol. The summed E-state index contributed by atoms with van der Waals surface area (Å²) in [6, 6.07) is 1.91. The fourth-order valence-electron chi connectivity index (χ4n) is 1.93. The molecule has 1 aromatic heterocycles. The van der Waals surface area contributed by atoms with Crippen LogP contribution >= 0.6 is 12.4 Å². The normalized spacial score (nSPS) is 20.4. The molecule has 1 fully saturated rings. The van der Waals surface area contributed by atoms with Gasteiger partial charge in [-0.1, -0.05) is 0 Å². The lowest BCUT2D eigenvalue weighted by molar-refractivity contribution is 0.0675. The molecule has 5 heteroatoms. The minimum absolute atomic E-state index is 0. The van der Waals surface area contributed by atoms with E-state index < -0.39 is 0 Å². The van der Waals surface area contributed by atoms with Crippen LogP contribution < -0.4 is 5.73 Å². The maximum Gasteiger partial charge on any atom is 0.289 e. The second kappa shape index (κ2) is 5.37. The molecule has 1 aliphatic heterocycles. The van der Waals surface area contributed by atoms with Gasteiger partial charge in [0.15, 0.2) is 5.76 Å². The molecule has 16 heavy (non-hydrogen) atoms. The van der Waals surface area contributed by atoms with E-state index >= 15 is 0 Å². The first-order valence-electron chi connectivity index (χ1n) is 5.27. The number of nitrogens with zero attached hydrogens (tertiary/aromatic N) is 1. The van der Waals surface area contributed by atoms with Crippen LogP contribution in [0.5, 0.6) is 0 Å². The van der Waals surface area contributed by atoms with Crippen LogP contribution in [0.1, 0.15) is 29.0 Å². The van der Waals surface area contributed by atoms with Gasteiger partial charge in [-0.25, -0.2) is 0 Å². The van der Waals surface area contributed by atoms with Gasteiger partial charge in [-0.3, -0.25) is 4.79 Å². The molecule has 1 unspecified atom stereocenters. The van der Waals surface area contributed by atoms with Gasteiger partial charge in [0.25, 0.3) is 5.91 Å². The largest absolute Gasteiger partial charge is 0.459 e. The zero-order valence-corrected chi connectivity index (χ0v) is 10.1. The number of aryl methyl sites for hydroxylation is 1. The van der Waals surface area contributed by atoms with E-state index in [0.29, 0.717) is 12.3 Å². The Balaban J connectivity index is 0.00000128. The van der Waals surface area contributed by atoms with Crippen molar-refractivity contribution in [2.24, 2.45) is 5.73 Å². The van der Waals surface area contributed by atoms with Gasteiger partial charge in [0.1, 0.15) is 0 Å². The highest BCUT2D eigenvalue weighted by Crippen LogP contribution is 2.15. The third kappa shape index (κ3) is 2.57. The van der Waals surface area contributed by atoms with Crippen LogP contribution in [-0.4, -0.2) is 29.9 Å². The van der Waals surface area contributed by atoms with Crippen LogP contribution in [0, 0.1) is 6.92 Å². The molecule has 1 aromatic rings. The lowest BCUT2D eigenvalue weighted by Gasteiger charge is -2.30. The summed E-state index contributed by atoms with van der Waals surface area (Å²) >= 11 is 0. The van der Waals surface area contributed by atoms with Crippen molar-refractivity contribution < 1.29 is 9.21 Å². The second-order valence-electron chi connectivity index (χ2n) is 4.09. The molecule has 4 nitrogen and oxygen atoms in total. The number of furan rings is 1. The molecule has 2 rings (SSSR count). The average Bonchev–Trinajstić information content (AvgIpc) is 2.63. The Labute approximate surface area is 101 Å². The Morgan fingerprint density at radius 3 is 2.94 bits per heavy atom. The topological polar surface area (TPSA) is 59.5 Å². The molecule has 0 bridgehead atoms. The fourth-order valence-corrected chi connectivity index (χ4v) is 1.93. The molecular formula is C11H17ClN2O2. The predicted octanol–water partition coefficient (Wildman–Crippen LogP) is 1.57. The van der Waals surface area contributed by atoms with Gasteiger partial charge < -0.3 is 15.1 Å². The van der Waals surface area contributed by atoms with Crippen molar-refractivity contribution in [2.75, 3.05) is 13.1 Å². The fraction of sp³-hybridized carbons (Fsp3) is 0.545. The summed E-state index contributed by atoms with van der Waals surface area (Å²) < 4.78 is 5.18. The third-order valence-corrected chi connectivity index (χ3v) is 2.80. The number of piperidine rings is 1. The van der Waals surface area contributed by atoms with Gasteiger partial charge in [0, 0.05) is 24.7 Å². The highest BCUT2D eigenvalue weighted by molar-refractivity contribution is 5.92. The smallest absolute Gasteiger partial charge is 0.289 e. The number of hydrogen-bond donors (Lipinski definition) is 1. The highest BCUT2D eigenvalue weighted by Gasteiger charge is 2.24. The van der Waals surface area contributed by atoms with Crippen molar-refractivity contribution in [3.8, 4) is 0 Å². The van der Waals surface area contributed by atoms with Crippen LogP contribution in [0.25, 0.3) is 0 Å². The summed E-state index contributed by atoms with van der Waals surface area (Å²) in [5.74, 6) is 0.414. The van der Waals surface area contributed by atoms with E-state index in [4.69, 9.17) is 10.2 Å². The van der Waals surface area contributed by atoms with E-state index in [1.807, 2.05) is 6.92 Å². The minimum Gasteiger partial charge on any atom is -0.459 e. The predicted molar refractivity (Wildman–Crippen MR) is 63.8 cm³/mol. The van der Waals surface area contributed by atoms with E-state index in [1.165, 1.54) is 0 Å². The first-order valence-corrected chi connectivity index (χ1v) is 5.27. The highest BCUT2D eigenvalue weighted by atomic mass is 35.5. The zero-order chi connectivity index (χ0) is 10.8. The van der Waals surface area contributed by atoms with Crippen molar-refractivity contribution in [2.45, 2.75) is 25.8 Å². The van der Waals surface area contributed by atoms with Crippen molar-refractivity contribution in [3.63, 3.8) is 0 Å². The van der Waals surface area contributed by atoms with Crippen molar-refractivity contribution in [3.05, 3.63) is 23.7 Å². The molecule has 1 atom stereocenters. The lowest BCUT2D eigenvalue weighted by atomic mass is 10.1. The Morgan fingerprint density at radius 1 is 1.62 bits per heavy atom. The number of carbonyl (C=O) groups is 1. The SMILES string of the molecule is Cc1ccoc1C(=O)N1CCCC(N)C1.Cl. The van der Waals surface area contributed by atoms with Crippen LogP contribution in [-0.2, 0) is 0 Å². The maximum atomic E-state index is 12.0. The van der Waals surface area contributed by atoms with E-state index in [0.717, 1.165) is 24.9 Å². The van der Waals surface area contributed by atoms with Crippen LogP contribution in [0.3, 0.4) is 0 Å². The van der Waals surface area contributed by atoms with E-state index in [9.17, 15) is 4.79 Å². The second-order valence-corrected chi connectivity index (χ2v) is 4.09. The lowest BCUT2D eigenvalue weighted by Crippen LogP contribution is -2.45. The van der Waals surface area contributed by atoms with Crippen LogP contribution in [0.4, 0.5) is 0 Å². The number of likely N-dealkylation sites (tertiary alicyclic amines) is 1. The summed E-state index contributed by atoms with van der Waals surface area (Å²) in [4.78, 5) is 13.8. The molecule has 2 heterocycles. The van der Waals surface area contributed by atoms with Crippen molar-refractivity contribution >= 4 is 18.3 Å². The van der Waals surface area contributed by atoms with Crippen LogP contribution in [0.2, 0.25) is 0 Å². The Kier molecular flexibility index (Phi) is 4.38. The molecule has 90 valence electrons. The number of halogens is 1. The van der Waals surface area contributed by atoms with Crippen molar-refractivity contribution in [1.29, 1.82) is 0 Å². The minimum atomic E-state index is -0.0346. The van der Waals surface area contributed by atoms with Gasteiger partial charge in [-0.05, 0) is 25.8 Å². The van der Waals surface area contributed by atoms with Gasteiger partial charge in [0.2, 0.25) is 0 Å². The maximum absolute atomic E-state index is 12.0. The first-order chi connectivity index (χ1) is 7.18. The monoisotopic (exact) mass is 244 g/mol. The first kappa shape index (κ1) is 13.1. The van der Waals surface area contributed by atoms with Gasteiger partial charge in [-0.2, -0.15) is 0 Å². The summed E-state index contributed by atoms with van der Waals surface area (Å²) in [5, 5.41) is 0. The van der Waals surface area contributed by atoms with Gasteiger partial charge >= 0.3 is 0 Å². The summed E-state index contributed by atoms with van der Waals surface area (Å²) in [6.45, 7) is 3.30. The molecule has 0 saturated carbocycles. The Bertz CT molecular complexity index is 365. The van der Waals surface area contributed by atoms with E-state index in [1.54, 1.807) is 17.2 Å². The standard InChI is InChI=1S/C11H16N2O2.ClH/c1-8-4-6-15-10(8)11(14)13-5-2-3-9(12)7-13;/h4,6,9H,2-3,5,7,12H2,1H3;1H. The quantitative estimate of drug-likeness (QED) is 0.816. The summed E-state index contributed by atoms with van der Waals surface area (Å²) in [7, 11) is 0. The van der Waals surface area contributed by atoms with E-state index in [-0.39, 0.29) is 24.4 Å². The number of amides is 1. The molecule has 1 saturated heterocycles. The zero-order valence-electron chi connectivity index (χ0n) is 9.31. The summed E-state index contributed by atoms with van der Waals surface area (Å²) in [6.07, 6.45) is 3.53. The number of carbonyl (C=O) groups excluding carboxylic acids is 1. The number of rotatable bonds is 1. The summed E-state index contributed by atoms with van der Waals surface area (Å²) in [5.41, 5.74) is 6.72. The molecular weight excluding hydrogens is 228 g/mol. The molecule has 0 radical (unpaired) electrons. The molecule has 1 amide bonds. The Morgan fingerprint density at radius 2 is 2.38 bits per heavy atom. The van der Waals surface area contributed by atoms with Crippen LogP contribution in [0.15, 0.2) is 16.7 Å². The Hall–Kier alpha value is -1.00. The van der Waals surface area contributed by atoms with Gasteiger partial charge in [-0.15, -0.1) is 12.4 Å². The van der Waals surface area contributed by atoms with Crippen molar-refractivity contribution in [1.82, 2.24) is 4.90 Å². The molecule has 0 aliphatic carbocycles. The molecule has 2 N–H and O–H groups in total.